The Morgan fingerprint density at radius 2 is 2.33 bits per heavy atom. The molecule has 5 N–H and O–H groups in total. The van der Waals surface area contributed by atoms with Gasteiger partial charge in [-0.1, -0.05) is 0 Å². The number of nitrogens with zero attached hydrogens (tertiary/aromatic N) is 4. The minimum Gasteiger partial charge on any atom is -0.394 e. The predicted molar refractivity (Wildman–Crippen MR) is 71.5 cm³/mol. The van der Waals surface area contributed by atoms with E-state index in [9.17, 15) is 10.2 Å². The van der Waals surface area contributed by atoms with Gasteiger partial charge in [-0.2, -0.15) is 0 Å². The lowest BCUT2D eigenvalue weighted by Gasteiger charge is -2.34. The molecule has 0 aliphatic carbocycles. The van der Waals surface area contributed by atoms with Crippen LogP contribution in [0.5, 0.6) is 0 Å². The summed E-state index contributed by atoms with van der Waals surface area (Å²) in [5.74, 6) is 1.16. The van der Waals surface area contributed by atoms with Crippen LogP contribution in [0.4, 0.5) is 11.8 Å². The molecule has 4 heterocycles. The van der Waals surface area contributed by atoms with Crippen LogP contribution in [-0.2, 0) is 9.57 Å². The van der Waals surface area contributed by atoms with E-state index in [1.807, 2.05) is 0 Å². The average Bonchev–Trinajstić information content (AvgIpc) is 3.00. The van der Waals surface area contributed by atoms with Crippen molar-refractivity contribution in [2.75, 3.05) is 24.0 Å². The summed E-state index contributed by atoms with van der Waals surface area (Å²) in [6, 6.07) is 0. The fraction of sp³-hybridized carbons (Fsp3) is 0.636. The largest absolute Gasteiger partial charge is 0.394 e. The normalized spacial score (nSPS) is 37.0. The van der Waals surface area contributed by atoms with Gasteiger partial charge in [-0.25, -0.2) is 10.0 Å². The number of hydrogen-bond acceptors (Lipinski definition) is 9. The summed E-state index contributed by atoms with van der Waals surface area (Å²) in [6.07, 6.45) is -1.92. The third-order valence-electron chi connectivity index (χ3n) is 3.94. The summed E-state index contributed by atoms with van der Waals surface area (Å²) >= 11 is 0. The van der Waals surface area contributed by atoms with Crippen LogP contribution in [-0.4, -0.2) is 58.1 Å². The minimum atomic E-state index is -0.931. The van der Waals surface area contributed by atoms with E-state index in [1.165, 1.54) is 11.4 Å². The molecule has 0 amide bonds. The highest BCUT2D eigenvalue weighted by atomic mass is 16.7. The van der Waals surface area contributed by atoms with E-state index in [2.05, 4.69) is 15.3 Å². The lowest BCUT2D eigenvalue weighted by atomic mass is 10.1. The van der Waals surface area contributed by atoms with Crippen LogP contribution < -0.4 is 16.1 Å². The molecule has 1 unspecified atom stereocenters. The molecule has 21 heavy (non-hydrogen) atoms. The average molecular weight is 296 g/mol. The quantitative estimate of drug-likeness (QED) is 0.482. The maximum Gasteiger partial charge on any atom is 0.234 e. The number of aliphatic imine (C=N–C) groups is 1. The molecule has 10 nitrogen and oxygen atoms in total. The molecule has 1 aromatic rings. The van der Waals surface area contributed by atoms with Crippen LogP contribution >= 0.6 is 0 Å². The number of hydroxylamine groups is 1. The Morgan fingerprint density at radius 1 is 1.52 bits per heavy atom. The topological polar surface area (TPSA) is 130 Å². The highest BCUT2D eigenvalue weighted by molar-refractivity contribution is 5.79. The zero-order valence-corrected chi connectivity index (χ0v) is 11.2. The lowest BCUT2D eigenvalue weighted by Crippen LogP contribution is -2.44. The first-order valence-electron chi connectivity index (χ1n) is 6.62. The number of nitrogens with one attached hydrogen (secondary N) is 1. The van der Waals surface area contributed by atoms with E-state index >= 15 is 0 Å². The number of aromatic nitrogens is 2. The molecular weight excluding hydrogens is 280 g/mol. The van der Waals surface area contributed by atoms with Crippen molar-refractivity contribution < 1.29 is 19.8 Å². The number of rotatable bonds is 1. The monoisotopic (exact) mass is 296 g/mol. The molecular formula is C11H16N6O4. The molecule has 1 fully saturated rings. The van der Waals surface area contributed by atoms with Crippen LogP contribution in [0.15, 0.2) is 4.99 Å². The second-order valence-electron chi connectivity index (χ2n) is 5.19. The van der Waals surface area contributed by atoms with Gasteiger partial charge in [0.2, 0.25) is 5.95 Å². The molecule has 0 radical (unpaired) electrons. The van der Waals surface area contributed by atoms with Gasteiger partial charge < -0.3 is 26.0 Å². The van der Waals surface area contributed by atoms with E-state index in [0.29, 0.717) is 17.5 Å². The van der Waals surface area contributed by atoms with Crippen molar-refractivity contribution >= 4 is 18.1 Å². The van der Waals surface area contributed by atoms with E-state index in [1.54, 1.807) is 11.6 Å². The van der Waals surface area contributed by atoms with Gasteiger partial charge in [-0.15, -0.1) is 0 Å². The third-order valence-corrected chi connectivity index (χ3v) is 3.94. The van der Waals surface area contributed by atoms with Crippen LogP contribution in [0, 0.1) is 0 Å². The number of aliphatic hydroxyl groups excluding tert-OH is 2. The molecule has 0 saturated carbocycles. The lowest BCUT2D eigenvalue weighted by molar-refractivity contribution is -0.0951. The van der Waals surface area contributed by atoms with Crippen molar-refractivity contribution in [3.8, 4) is 0 Å². The smallest absolute Gasteiger partial charge is 0.234 e. The van der Waals surface area contributed by atoms with Gasteiger partial charge in [0.1, 0.15) is 29.9 Å². The molecule has 0 spiro atoms. The van der Waals surface area contributed by atoms with Crippen LogP contribution in [0.2, 0.25) is 0 Å². The van der Waals surface area contributed by atoms with Gasteiger partial charge in [-0.3, -0.25) is 14.4 Å². The second-order valence-corrected chi connectivity index (χ2v) is 5.19. The van der Waals surface area contributed by atoms with Crippen molar-refractivity contribution in [3.05, 3.63) is 5.69 Å². The molecule has 3 aliphatic heterocycles. The highest BCUT2D eigenvalue weighted by Crippen LogP contribution is 2.43. The number of anilines is 2. The number of hydrogen-bond donors (Lipinski definition) is 4. The van der Waals surface area contributed by atoms with E-state index in [-0.39, 0.29) is 6.61 Å². The minimum absolute atomic E-state index is 0.290. The third kappa shape index (κ3) is 1.64. The van der Waals surface area contributed by atoms with E-state index in [0.717, 1.165) is 0 Å². The van der Waals surface area contributed by atoms with Gasteiger partial charge >= 0.3 is 0 Å². The fourth-order valence-corrected chi connectivity index (χ4v) is 2.92. The van der Waals surface area contributed by atoms with Gasteiger partial charge in [0, 0.05) is 7.05 Å². The van der Waals surface area contributed by atoms with Crippen LogP contribution in [0.3, 0.4) is 0 Å². The predicted octanol–water partition coefficient (Wildman–Crippen LogP) is -1.71. The molecule has 114 valence electrons. The Labute approximate surface area is 119 Å². The number of nitrogens with two attached hydrogens (primary N) is 1. The first kappa shape index (κ1) is 13.0. The summed E-state index contributed by atoms with van der Waals surface area (Å²) in [6.45, 7) is -0.290. The zero-order valence-electron chi connectivity index (χ0n) is 11.2. The Balaban J connectivity index is 1.82. The molecule has 1 saturated heterocycles. The standard InChI is InChI=1S/C11H16N6O4/c1-16-11-15-5-8(12)13-3-14-9(5)17(11)10-7(21-16)6(19)4(2-18)20-10/h3-4,6-8,10,18-19H,2,12H2,1H3,(H,13,14)/t4-,6-,7+,8?,10-/m1/s1. The zero-order chi connectivity index (χ0) is 14.7. The summed E-state index contributed by atoms with van der Waals surface area (Å²) in [4.78, 5) is 14.1. The van der Waals surface area contributed by atoms with Gasteiger partial charge in [0.15, 0.2) is 12.3 Å². The summed E-state index contributed by atoms with van der Waals surface area (Å²) in [7, 11) is 1.69. The van der Waals surface area contributed by atoms with Crippen molar-refractivity contribution in [1.82, 2.24) is 9.55 Å². The Hall–Kier alpha value is -1.72. The number of imidazole rings is 1. The molecule has 5 atom stereocenters. The SMILES string of the molecule is CN1O[C@H]2[C@H](O)[C@@H](CO)O[C@H]2n2c1nc1c2NC=NC1N. The Bertz CT molecular complexity index is 604. The van der Waals surface area contributed by atoms with Crippen molar-refractivity contribution in [2.45, 2.75) is 30.7 Å². The maximum absolute atomic E-state index is 10.2. The van der Waals surface area contributed by atoms with Crippen molar-refractivity contribution in [2.24, 2.45) is 10.7 Å². The summed E-state index contributed by atoms with van der Waals surface area (Å²) in [5.41, 5.74) is 6.50. The van der Waals surface area contributed by atoms with Crippen LogP contribution in [0.25, 0.3) is 0 Å². The highest BCUT2D eigenvalue weighted by Gasteiger charge is 2.51. The molecule has 1 aromatic heterocycles. The first-order valence-corrected chi connectivity index (χ1v) is 6.62. The second kappa shape index (κ2) is 4.39. The van der Waals surface area contributed by atoms with Gasteiger partial charge in [0.05, 0.1) is 12.9 Å². The van der Waals surface area contributed by atoms with Crippen molar-refractivity contribution in [1.29, 1.82) is 0 Å². The first-order chi connectivity index (χ1) is 10.1. The fourth-order valence-electron chi connectivity index (χ4n) is 2.92. The Morgan fingerprint density at radius 3 is 3.10 bits per heavy atom. The molecule has 3 aliphatic rings. The maximum atomic E-state index is 10.2. The molecule has 10 heteroatoms. The molecule has 0 aromatic carbocycles. The summed E-state index contributed by atoms with van der Waals surface area (Å²) < 4.78 is 7.48. The van der Waals surface area contributed by atoms with Gasteiger partial charge in [-0.05, 0) is 0 Å². The molecule has 0 bridgehead atoms. The number of fused-ring (bicyclic) bond motifs is 5. The number of aliphatic hydroxyl groups is 2. The number of ether oxygens (including phenoxy) is 1. The Kier molecular flexibility index (Phi) is 2.71. The van der Waals surface area contributed by atoms with Crippen LogP contribution in [0.1, 0.15) is 18.1 Å². The van der Waals surface area contributed by atoms with Gasteiger partial charge in [0.25, 0.3) is 0 Å². The summed E-state index contributed by atoms with van der Waals surface area (Å²) in [5, 5.41) is 23.9. The van der Waals surface area contributed by atoms with E-state index in [4.69, 9.17) is 15.3 Å². The van der Waals surface area contributed by atoms with Crippen molar-refractivity contribution in [3.63, 3.8) is 0 Å². The molecule has 4 rings (SSSR count). The van der Waals surface area contributed by atoms with E-state index < -0.39 is 30.7 Å².